The number of ether oxygens (including phenoxy) is 1. The fourth-order valence-electron chi connectivity index (χ4n) is 2.44. The molecule has 0 radical (unpaired) electrons. The molecule has 0 aliphatic carbocycles. The van der Waals surface area contributed by atoms with Crippen molar-refractivity contribution in [3.63, 3.8) is 0 Å². The maximum absolute atomic E-state index is 11.5. The maximum Gasteiger partial charge on any atom is 1.00 e. The summed E-state index contributed by atoms with van der Waals surface area (Å²) < 4.78 is 38.3. The molecule has 0 amide bonds. The van der Waals surface area contributed by atoms with Crippen LogP contribution in [0.15, 0.2) is 23.1 Å². The molecule has 0 aliphatic heterocycles. The van der Waals surface area contributed by atoms with Crippen molar-refractivity contribution in [1.82, 2.24) is 0 Å². The van der Waals surface area contributed by atoms with Crippen LogP contribution < -0.4 is 34.3 Å². The number of benzene rings is 1. The van der Waals surface area contributed by atoms with Gasteiger partial charge in [-0.25, -0.2) is 0 Å². The number of methoxy groups -OCH3 is 1. The molecule has 4 nitrogen and oxygen atoms in total. The molecule has 1 aromatic heterocycles. The molecule has 25 heavy (non-hydrogen) atoms. The zero-order valence-corrected chi connectivity index (χ0v) is 19.8. The Kier molecular flexibility index (Phi) is 9.77. The second kappa shape index (κ2) is 10.5. The molecule has 1 aromatic carbocycles. The van der Waals surface area contributed by atoms with E-state index in [0.717, 1.165) is 27.8 Å². The van der Waals surface area contributed by atoms with Gasteiger partial charge in [0.25, 0.3) is 10.1 Å². The van der Waals surface area contributed by atoms with E-state index in [1.54, 1.807) is 32.8 Å². The van der Waals surface area contributed by atoms with Gasteiger partial charge in [0.1, 0.15) is 14.5 Å². The molecule has 0 aliphatic rings. The van der Waals surface area contributed by atoms with Crippen LogP contribution in [0.3, 0.4) is 0 Å². The molecule has 0 fully saturated rings. The van der Waals surface area contributed by atoms with Crippen LogP contribution in [0, 0.1) is 3.82 Å². The van der Waals surface area contributed by atoms with Gasteiger partial charge in [0, 0.05) is 11.3 Å². The number of unbranched alkanes of at least 4 members (excludes halogenated alkanes) is 2. The van der Waals surface area contributed by atoms with Crippen LogP contribution in [-0.2, 0) is 23.0 Å². The monoisotopic (exact) mass is 428 g/mol. The minimum atomic E-state index is -4.33. The van der Waals surface area contributed by atoms with Gasteiger partial charge in [-0.3, -0.25) is 4.55 Å². The summed E-state index contributed by atoms with van der Waals surface area (Å²) >= 11 is 5.44. The van der Waals surface area contributed by atoms with Gasteiger partial charge in [-0.15, -0.1) is 0 Å². The Morgan fingerprint density at radius 3 is 2.60 bits per heavy atom. The van der Waals surface area contributed by atoms with Gasteiger partial charge in [-0.1, -0.05) is 58.7 Å². The second-order valence-corrected chi connectivity index (χ2v) is 9.74. The van der Waals surface area contributed by atoms with Crippen molar-refractivity contribution in [3.05, 3.63) is 38.0 Å². The van der Waals surface area contributed by atoms with Crippen LogP contribution in [-0.4, -0.2) is 20.1 Å². The van der Waals surface area contributed by atoms with E-state index in [9.17, 15) is 13.0 Å². The van der Waals surface area contributed by atoms with Crippen molar-refractivity contribution < 1.29 is 48.7 Å². The third kappa shape index (κ3) is 6.39. The van der Waals surface area contributed by atoms with Gasteiger partial charge in [0.15, 0.2) is 0 Å². The van der Waals surface area contributed by atoms with E-state index in [1.807, 2.05) is 0 Å². The Balaban J connectivity index is 0.00000312. The molecule has 0 saturated heterocycles. The fourth-order valence-corrected chi connectivity index (χ4v) is 6.13. The average Bonchev–Trinajstić information content (AvgIpc) is 2.87. The topological polar surface area (TPSA) is 63.6 Å². The van der Waals surface area contributed by atoms with Crippen molar-refractivity contribution in [3.8, 4) is 5.75 Å². The minimum Gasteiger partial charge on any atom is -1.00 e. The molecule has 0 spiro atoms. The number of aryl methyl sites for hydroxylation is 1. The van der Waals surface area contributed by atoms with E-state index in [1.165, 1.54) is 30.9 Å². The Hall–Kier alpha value is 0.200. The quantitative estimate of drug-likeness (QED) is 0.230. The van der Waals surface area contributed by atoms with Crippen molar-refractivity contribution in [2.45, 2.75) is 43.9 Å². The summed E-state index contributed by atoms with van der Waals surface area (Å²) in [6, 6.07) is 4.83. The molecule has 0 unspecified atom stereocenters. The largest absolute Gasteiger partial charge is 1.00 e. The maximum atomic E-state index is 11.5. The Morgan fingerprint density at radius 2 is 2.00 bits per heavy atom. The zero-order chi connectivity index (χ0) is 17.7. The molecular weight excluding hydrogens is 407 g/mol. The van der Waals surface area contributed by atoms with Crippen LogP contribution >= 0.6 is 32.9 Å². The number of hydrogen-bond acceptors (Lipinski definition) is 6. The molecule has 2 aromatic rings. The van der Waals surface area contributed by atoms with Gasteiger partial charge < -0.3 is 6.16 Å². The predicted octanol–water partition coefficient (Wildman–Crippen LogP) is 2.23. The summed E-state index contributed by atoms with van der Waals surface area (Å²) in [4.78, 5) is 1.07. The first-order chi connectivity index (χ1) is 11.4. The van der Waals surface area contributed by atoms with Gasteiger partial charge in [-0.2, -0.15) is 8.42 Å². The van der Waals surface area contributed by atoms with E-state index in [-0.39, 0.29) is 41.6 Å². The summed E-state index contributed by atoms with van der Waals surface area (Å²) in [7, 11) is 0.340. The van der Waals surface area contributed by atoms with Crippen LogP contribution in [0.25, 0.3) is 0 Å². The van der Waals surface area contributed by atoms with E-state index in [2.05, 4.69) is 6.92 Å². The van der Waals surface area contributed by atoms with Crippen LogP contribution in [0.1, 0.15) is 43.6 Å². The summed E-state index contributed by atoms with van der Waals surface area (Å²) in [5.74, 6) is 0.135. The first-order valence-electron chi connectivity index (χ1n) is 7.62. The van der Waals surface area contributed by atoms with Crippen LogP contribution in [0.5, 0.6) is 5.75 Å². The minimum absolute atomic E-state index is 0. The molecule has 0 saturated carbocycles. The Morgan fingerprint density at radius 1 is 1.28 bits per heavy atom. The van der Waals surface area contributed by atoms with Gasteiger partial charge in [-0.05, 0) is 36.1 Å². The van der Waals surface area contributed by atoms with Crippen molar-refractivity contribution in [2.24, 2.45) is 0 Å². The molecule has 2 rings (SSSR count). The Bertz CT molecular complexity index is 861. The van der Waals surface area contributed by atoms with Crippen LogP contribution in [0.2, 0.25) is 0 Å². The molecule has 0 bridgehead atoms. The predicted molar refractivity (Wildman–Crippen MR) is 103 cm³/mol. The van der Waals surface area contributed by atoms with Crippen molar-refractivity contribution in [2.75, 3.05) is 7.11 Å². The molecule has 1 N–H and O–H groups in total. The summed E-state index contributed by atoms with van der Waals surface area (Å²) in [5, 5.41) is 0. The summed E-state index contributed by atoms with van der Waals surface area (Å²) in [5.41, 5.74) is 1.89. The average molecular weight is 429 g/mol. The summed E-state index contributed by atoms with van der Waals surface area (Å²) in [6.07, 6.45) is 5.05. The van der Waals surface area contributed by atoms with Crippen LogP contribution in [0.4, 0.5) is 0 Å². The standard InChI is InChI=1S/C16H20O4S4.Na.H/c1-3-4-5-6-14-12(16(21)23-22-14)9-11-7-8-13(20-2)15(10-11)24(17,18)19;;/h7-8,10H,3-6,9H2,1-2H3,(H,17,18,19);;/q;+1;-1. The van der Waals surface area contributed by atoms with E-state index >= 15 is 0 Å². The SMILES string of the molecule is CCCCCc1ssc(=S)c1Cc1ccc(OC)c(S(=O)(=O)O)c1.[H-].[Na+]. The molecule has 1 heterocycles. The number of hydrogen-bond donors (Lipinski definition) is 1. The first kappa shape index (κ1) is 23.2. The van der Waals surface area contributed by atoms with Gasteiger partial charge in [0.2, 0.25) is 0 Å². The Labute approximate surface area is 185 Å². The van der Waals surface area contributed by atoms with Crippen molar-refractivity contribution >= 4 is 43.0 Å². The molecule has 9 heteroatoms. The first-order valence-corrected chi connectivity index (χ1v) is 11.6. The third-order valence-electron chi connectivity index (χ3n) is 3.70. The smallest absolute Gasteiger partial charge is 1.00 e. The van der Waals surface area contributed by atoms with E-state index < -0.39 is 10.1 Å². The van der Waals surface area contributed by atoms with Gasteiger partial charge in [0.05, 0.1) is 7.11 Å². The molecule has 0 atom stereocenters. The van der Waals surface area contributed by atoms with E-state index in [4.69, 9.17) is 17.0 Å². The third-order valence-corrected chi connectivity index (χ3v) is 7.87. The zero-order valence-electron chi connectivity index (χ0n) is 15.6. The van der Waals surface area contributed by atoms with E-state index in [0.29, 0.717) is 6.42 Å². The molecular formula is C16H21NaO4S4. The number of rotatable bonds is 8. The van der Waals surface area contributed by atoms with Gasteiger partial charge >= 0.3 is 29.6 Å². The molecule has 134 valence electrons. The normalized spacial score (nSPS) is 11.2. The van der Waals surface area contributed by atoms with Crippen molar-refractivity contribution in [1.29, 1.82) is 0 Å². The second-order valence-electron chi connectivity index (χ2n) is 5.45. The summed E-state index contributed by atoms with van der Waals surface area (Å²) in [6.45, 7) is 2.17. The fraction of sp³-hybridized carbons (Fsp3) is 0.438.